The van der Waals surface area contributed by atoms with Crippen LogP contribution in [0.5, 0.6) is 5.75 Å². The Balaban J connectivity index is 2.16. The van der Waals surface area contributed by atoms with Crippen LogP contribution in [0.15, 0.2) is 59.5 Å². The molecule has 24 heavy (non-hydrogen) atoms. The average molecular weight is 349 g/mol. The molecule has 128 valence electrons. The molecule has 0 heterocycles. The fourth-order valence-electron chi connectivity index (χ4n) is 2.17. The second kappa shape index (κ2) is 7.94. The van der Waals surface area contributed by atoms with Crippen molar-refractivity contribution in [1.82, 2.24) is 4.72 Å². The molecular weight excluding hydrogens is 330 g/mol. The summed E-state index contributed by atoms with van der Waals surface area (Å²) < 4.78 is 32.3. The predicted octanol–water partition coefficient (Wildman–Crippen LogP) is 2.06. The Labute approximate surface area is 141 Å². The molecule has 2 rings (SSSR count). The normalized spacial score (nSPS) is 12.5. The number of hydrogen-bond acceptors (Lipinski definition) is 4. The van der Waals surface area contributed by atoms with Crippen LogP contribution in [0.4, 0.5) is 0 Å². The van der Waals surface area contributed by atoms with Crippen molar-refractivity contribution < 1.29 is 23.1 Å². The molecule has 0 amide bonds. The molecular formula is C17H19NO5S. The molecule has 0 aliphatic carbocycles. The van der Waals surface area contributed by atoms with Crippen molar-refractivity contribution in [1.29, 1.82) is 0 Å². The number of ether oxygens (including phenoxy) is 1. The summed E-state index contributed by atoms with van der Waals surface area (Å²) in [6.45, 7) is 2.30. The number of hydrogen-bond donors (Lipinski definition) is 2. The van der Waals surface area contributed by atoms with Gasteiger partial charge in [-0.1, -0.05) is 30.3 Å². The standard InChI is InChI=1S/C17H19NO5S/c1-2-23-14-8-10-15(11-9-14)24(21,22)18-16(17(19)20)12-13-6-4-3-5-7-13/h3-11,16,18H,2,12H2,1H3,(H,19,20)/t16-/m0/s1. The number of sulfonamides is 1. The molecule has 7 heteroatoms. The van der Waals surface area contributed by atoms with Crippen LogP contribution in [-0.2, 0) is 21.2 Å². The molecule has 0 saturated heterocycles. The van der Waals surface area contributed by atoms with Gasteiger partial charge in [-0.3, -0.25) is 4.79 Å². The SMILES string of the molecule is CCOc1ccc(S(=O)(=O)N[C@@H](Cc2ccccc2)C(=O)O)cc1. The molecule has 0 bridgehead atoms. The van der Waals surface area contributed by atoms with Gasteiger partial charge < -0.3 is 9.84 Å². The van der Waals surface area contributed by atoms with Gasteiger partial charge in [-0.25, -0.2) is 8.42 Å². The molecule has 0 saturated carbocycles. The van der Waals surface area contributed by atoms with Gasteiger partial charge in [0.2, 0.25) is 10.0 Å². The van der Waals surface area contributed by atoms with Crippen LogP contribution in [0.1, 0.15) is 12.5 Å². The van der Waals surface area contributed by atoms with E-state index in [2.05, 4.69) is 4.72 Å². The minimum absolute atomic E-state index is 0.00901. The minimum Gasteiger partial charge on any atom is -0.494 e. The Kier molecular flexibility index (Phi) is 5.94. The third-order valence-electron chi connectivity index (χ3n) is 3.32. The molecule has 2 N–H and O–H groups in total. The van der Waals surface area contributed by atoms with E-state index < -0.39 is 22.0 Å². The number of carbonyl (C=O) groups is 1. The predicted molar refractivity (Wildman–Crippen MR) is 89.5 cm³/mol. The minimum atomic E-state index is -3.94. The lowest BCUT2D eigenvalue weighted by atomic mass is 10.1. The number of carboxylic acid groups (broad SMARTS) is 1. The third-order valence-corrected chi connectivity index (χ3v) is 4.81. The van der Waals surface area contributed by atoms with E-state index in [0.717, 1.165) is 5.56 Å². The first kappa shape index (κ1) is 18.0. The molecule has 0 aliphatic rings. The van der Waals surface area contributed by atoms with Gasteiger partial charge in [0.05, 0.1) is 11.5 Å². The van der Waals surface area contributed by atoms with E-state index in [1.54, 1.807) is 24.3 Å². The summed E-state index contributed by atoms with van der Waals surface area (Å²) in [6.07, 6.45) is 0.0619. The van der Waals surface area contributed by atoms with E-state index in [-0.39, 0.29) is 11.3 Å². The Bertz CT molecular complexity index is 772. The summed E-state index contributed by atoms with van der Waals surface area (Å²) in [5, 5.41) is 9.31. The molecule has 2 aromatic carbocycles. The van der Waals surface area contributed by atoms with Crippen molar-refractivity contribution >= 4 is 16.0 Å². The van der Waals surface area contributed by atoms with Crippen LogP contribution in [0.3, 0.4) is 0 Å². The van der Waals surface area contributed by atoms with Gasteiger partial charge in [0, 0.05) is 0 Å². The highest BCUT2D eigenvalue weighted by atomic mass is 32.2. The third kappa shape index (κ3) is 4.81. The average Bonchev–Trinajstić information content (AvgIpc) is 2.56. The van der Waals surface area contributed by atoms with E-state index in [0.29, 0.717) is 12.4 Å². The molecule has 0 radical (unpaired) electrons. The van der Waals surface area contributed by atoms with E-state index in [4.69, 9.17) is 4.74 Å². The highest BCUT2D eigenvalue weighted by Crippen LogP contribution is 2.16. The van der Waals surface area contributed by atoms with Gasteiger partial charge >= 0.3 is 5.97 Å². The van der Waals surface area contributed by atoms with E-state index in [1.165, 1.54) is 24.3 Å². The zero-order valence-electron chi connectivity index (χ0n) is 13.2. The second-order valence-corrected chi connectivity index (χ2v) is 6.82. The second-order valence-electron chi connectivity index (χ2n) is 5.11. The number of carboxylic acids is 1. The molecule has 0 aromatic heterocycles. The van der Waals surface area contributed by atoms with Crippen molar-refractivity contribution in [3.8, 4) is 5.75 Å². The molecule has 0 fully saturated rings. The Morgan fingerprint density at radius 2 is 1.75 bits per heavy atom. The summed E-state index contributed by atoms with van der Waals surface area (Å²) in [6, 6.07) is 13.4. The Morgan fingerprint density at radius 3 is 2.29 bits per heavy atom. The fraction of sp³-hybridized carbons (Fsp3) is 0.235. The maximum Gasteiger partial charge on any atom is 0.322 e. The zero-order chi connectivity index (χ0) is 17.6. The van der Waals surface area contributed by atoms with Crippen molar-refractivity contribution in [2.24, 2.45) is 0 Å². The smallest absolute Gasteiger partial charge is 0.322 e. The van der Waals surface area contributed by atoms with Gasteiger partial charge in [0.15, 0.2) is 0 Å². The molecule has 1 atom stereocenters. The summed E-state index contributed by atoms with van der Waals surface area (Å²) in [7, 11) is -3.94. The lowest BCUT2D eigenvalue weighted by Crippen LogP contribution is -2.42. The molecule has 0 unspecified atom stereocenters. The van der Waals surface area contributed by atoms with Crippen LogP contribution >= 0.6 is 0 Å². The maximum absolute atomic E-state index is 12.4. The lowest BCUT2D eigenvalue weighted by molar-refractivity contribution is -0.138. The van der Waals surface area contributed by atoms with Crippen molar-refractivity contribution in [2.75, 3.05) is 6.61 Å². The summed E-state index contributed by atoms with van der Waals surface area (Å²) in [4.78, 5) is 11.4. The van der Waals surface area contributed by atoms with Crippen molar-refractivity contribution in [2.45, 2.75) is 24.3 Å². The monoisotopic (exact) mass is 349 g/mol. The molecule has 6 nitrogen and oxygen atoms in total. The lowest BCUT2D eigenvalue weighted by Gasteiger charge is -2.15. The zero-order valence-corrected chi connectivity index (χ0v) is 14.0. The summed E-state index contributed by atoms with van der Waals surface area (Å²) in [5.41, 5.74) is 0.735. The fourth-order valence-corrected chi connectivity index (χ4v) is 3.36. The van der Waals surface area contributed by atoms with Crippen LogP contribution in [0, 0.1) is 0 Å². The topological polar surface area (TPSA) is 92.7 Å². The first-order valence-corrected chi connectivity index (χ1v) is 8.92. The van der Waals surface area contributed by atoms with Crippen molar-refractivity contribution in [3.05, 3.63) is 60.2 Å². The van der Waals surface area contributed by atoms with Crippen LogP contribution in [0.25, 0.3) is 0 Å². The highest BCUT2D eigenvalue weighted by Gasteiger charge is 2.25. The van der Waals surface area contributed by atoms with Crippen LogP contribution in [0.2, 0.25) is 0 Å². The van der Waals surface area contributed by atoms with E-state index in [9.17, 15) is 18.3 Å². The summed E-state index contributed by atoms with van der Waals surface area (Å²) >= 11 is 0. The first-order chi connectivity index (χ1) is 11.4. The van der Waals surface area contributed by atoms with Gasteiger partial charge in [0.1, 0.15) is 11.8 Å². The quantitative estimate of drug-likeness (QED) is 0.761. The summed E-state index contributed by atoms with van der Waals surface area (Å²) in [5.74, 6) is -0.677. The molecule has 0 aliphatic heterocycles. The van der Waals surface area contributed by atoms with Crippen LogP contribution < -0.4 is 9.46 Å². The van der Waals surface area contributed by atoms with Crippen LogP contribution in [-0.4, -0.2) is 32.1 Å². The van der Waals surface area contributed by atoms with Gasteiger partial charge in [-0.05, 0) is 43.2 Å². The number of benzene rings is 2. The molecule has 2 aromatic rings. The van der Waals surface area contributed by atoms with Gasteiger partial charge in [-0.2, -0.15) is 4.72 Å². The number of aliphatic carboxylic acids is 1. The number of rotatable bonds is 8. The first-order valence-electron chi connectivity index (χ1n) is 7.44. The Hall–Kier alpha value is -2.38. The molecule has 0 spiro atoms. The van der Waals surface area contributed by atoms with Crippen molar-refractivity contribution in [3.63, 3.8) is 0 Å². The highest BCUT2D eigenvalue weighted by molar-refractivity contribution is 7.89. The van der Waals surface area contributed by atoms with Gasteiger partial charge in [0.25, 0.3) is 0 Å². The maximum atomic E-state index is 12.4. The van der Waals surface area contributed by atoms with E-state index in [1.807, 2.05) is 13.0 Å². The van der Waals surface area contributed by atoms with E-state index >= 15 is 0 Å². The Morgan fingerprint density at radius 1 is 1.12 bits per heavy atom. The number of nitrogens with one attached hydrogen (secondary N) is 1. The largest absolute Gasteiger partial charge is 0.494 e. The van der Waals surface area contributed by atoms with Gasteiger partial charge in [-0.15, -0.1) is 0 Å².